The average molecular weight is 409 g/mol. The standard InChI is InChI=1S/C15H13ClN6O2S2/c16-6-3-1-5(2-4-6)7(8-10(17)19-14(25)21-12(8)23)9-11(18)20-15(26)22-13(9)24/h1-4,7H,(H4,17,19,21,23,25)(H4,18,20,22,24,26). The Morgan fingerprint density at radius 3 is 1.62 bits per heavy atom. The lowest BCUT2D eigenvalue weighted by Gasteiger charge is -2.19. The van der Waals surface area contributed by atoms with Crippen LogP contribution in [0.5, 0.6) is 0 Å². The first-order valence-electron chi connectivity index (χ1n) is 7.27. The highest BCUT2D eigenvalue weighted by Crippen LogP contribution is 2.33. The third-order valence-corrected chi connectivity index (χ3v) is 4.46. The van der Waals surface area contributed by atoms with E-state index < -0.39 is 17.0 Å². The summed E-state index contributed by atoms with van der Waals surface area (Å²) >= 11 is 15.8. The van der Waals surface area contributed by atoms with E-state index in [0.717, 1.165) is 0 Å². The number of anilines is 2. The molecule has 2 aromatic heterocycles. The van der Waals surface area contributed by atoms with Gasteiger partial charge in [0.1, 0.15) is 11.6 Å². The predicted molar refractivity (Wildman–Crippen MR) is 106 cm³/mol. The molecule has 3 aromatic rings. The fourth-order valence-electron chi connectivity index (χ4n) is 2.73. The van der Waals surface area contributed by atoms with Crippen LogP contribution in [-0.2, 0) is 0 Å². The van der Waals surface area contributed by atoms with Crippen LogP contribution < -0.4 is 22.6 Å². The maximum absolute atomic E-state index is 12.6. The van der Waals surface area contributed by atoms with Crippen molar-refractivity contribution in [2.24, 2.45) is 0 Å². The summed E-state index contributed by atoms with van der Waals surface area (Å²) in [6, 6.07) is 6.62. The minimum atomic E-state index is -0.876. The van der Waals surface area contributed by atoms with Gasteiger partial charge in [0.2, 0.25) is 0 Å². The zero-order valence-corrected chi connectivity index (χ0v) is 15.4. The number of aromatic nitrogens is 4. The van der Waals surface area contributed by atoms with Gasteiger partial charge in [0.15, 0.2) is 9.54 Å². The molecule has 0 unspecified atom stereocenters. The molecule has 0 bridgehead atoms. The number of halogens is 1. The molecular formula is C15H13ClN6O2S2. The molecule has 8 N–H and O–H groups in total. The molecule has 0 saturated carbocycles. The topological polar surface area (TPSA) is 149 Å². The number of hydrogen-bond donors (Lipinski definition) is 6. The van der Waals surface area contributed by atoms with Gasteiger partial charge in [-0.2, -0.15) is 0 Å². The molecule has 0 spiro atoms. The summed E-state index contributed by atoms with van der Waals surface area (Å²) in [6.07, 6.45) is 0. The summed E-state index contributed by atoms with van der Waals surface area (Å²) in [5.41, 5.74) is 11.7. The summed E-state index contributed by atoms with van der Waals surface area (Å²) in [7, 11) is 0. The Morgan fingerprint density at radius 1 is 0.808 bits per heavy atom. The van der Waals surface area contributed by atoms with E-state index in [2.05, 4.69) is 19.9 Å². The second-order valence-electron chi connectivity index (χ2n) is 5.46. The predicted octanol–water partition coefficient (Wildman–Crippen LogP) is 2.18. The second kappa shape index (κ2) is 6.90. The van der Waals surface area contributed by atoms with Crippen LogP contribution in [0, 0.1) is 9.54 Å². The molecular weight excluding hydrogens is 396 g/mol. The van der Waals surface area contributed by atoms with E-state index in [1.54, 1.807) is 24.3 Å². The van der Waals surface area contributed by atoms with E-state index in [1.807, 2.05) is 0 Å². The van der Waals surface area contributed by atoms with Gasteiger partial charge in [0.05, 0.1) is 17.0 Å². The first-order valence-corrected chi connectivity index (χ1v) is 8.46. The monoisotopic (exact) mass is 408 g/mol. The van der Waals surface area contributed by atoms with Crippen molar-refractivity contribution in [1.82, 2.24) is 19.9 Å². The van der Waals surface area contributed by atoms with Gasteiger partial charge in [0.25, 0.3) is 11.1 Å². The number of nitrogens with two attached hydrogens (primary N) is 2. The van der Waals surface area contributed by atoms with Crippen molar-refractivity contribution >= 4 is 47.7 Å². The molecule has 26 heavy (non-hydrogen) atoms. The van der Waals surface area contributed by atoms with E-state index in [1.165, 1.54) is 0 Å². The molecule has 3 rings (SSSR count). The molecule has 1 aromatic carbocycles. The van der Waals surface area contributed by atoms with Crippen LogP contribution in [0.15, 0.2) is 33.9 Å². The van der Waals surface area contributed by atoms with Gasteiger partial charge in [0, 0.05) is 5.02 Å². The number of rotatable bonds is 3. The van der Waals surface area contributed by atoms with Crippen LogP contribution in [0.25, 0.3) is 0 Å². The van der Waals surface area contributed by atoms with Gasteiger partial charge in [-0.3, -0.25) is 19.6 Å². The summed E-state index contributed by atoms with van der Waals surface area (Å²) in [5, 5.41) is 0.496. The minimum absolute atomic E-state index is 0.0277. The molecule has 2 heterocycles. The first kappa shape index (κ1) is 18.1. The lowest BCUT2D eigenvalue weighted by molar-refractivity contribution is 0.884. The van der Waals surface area contributed by atoms with Crippen molar-refractivity contribution in [2.75, 3.05) is 11.5 Å². The quantitative estimate of drug-likeness (QED) is 0.366. The average Bonchev–Trinajstić information content (AvgIpc) is 2.52. The van der Waals surface area contributed by atoms with Crippen molar-refractivity contribution in [2.45, 2.75) is 5.92 Å². The van der Waals surface area contributed by atoms with Crippen molar-refractivity contribution in [3.63, 3.8) is 0 Å². The molecule has 0 aliphatic rings. The fourth-order valence-corrected chi connectivity index (χ4v) is 3.26. The van der Waals surface area contributed by atoms with E-state index in [4.69, 9.17) is 47.5 Å². The molecule has 0 fully saturated rings. The molecule has 0 radical (unpaired) electrons. The van der Waals surface area contributed by atoms with Crippen molar-refractivity contribution in [3.05, 3.63) is 76.2 Å². The van der Waals surface area contributed by atoms with E-state index in [-0.39, 0.29) is 32.3 Å². The molecule has 0 atom stereocenters. The molecule has 0 saturated heterocycles. The Labute approximate surface area is 161 Å². The molecule has 8 nitrogen and oxygen atoms in total. The Morgan fingerprint density at radius 2 is 1.23 bits per heavy atom. The molecule has 0 aliphatic heterocycles. The molecule has 134 valence electrons. The Balaban J connectivity index is 2.41. The fraction of sp³-hybridized carbons (Fsp3) is 0.0667. The number of benzene rings is 1. The second-order valence-corrected chi connectivity index (χ2v) is 6.71. The van der Waals surface area contributed by atoms with Gasteiger partial charge < -0.3 is 21.4 Å². The van der Waals surface area contributed by atoms with Crippen LogP contribution in [0.2, 0.25) is 5.02 Å². The lowest BCUT2D eigenvalue weighted by atomic mass is 9.86. The van der Waals surface area contributed by atoms with Crippen LogP contribution in [0.1, 0.15) is 22.6 Å². The molecule has 11 heteroatoms. The maximum Gasteiger partial charge on any atom is 0.257 e. The summed E-state index contributed by atoms with van der Waals surface area (Å²) in [5.74, 6) is -0.821. The van der Waals surface area contributed by atoms with Gasteiger partial charge >= 0.3 is 0 Å². The summed E-state index contributed by atoms with van der Waals surface area (Å²) in [4.78, 5) is 35.5. The highest BCUT2D eigenvalue weighted by Gasteiger charge is 2.28. The Bertz CT molecular complexity index is 1140. The highest BCUT2D eigenvalue weighted by molar-refractivity contribution is 7.71. The van der Waals surface area contributed by atoms with Crippen molar-refractivity contribution in [1.29, 1.82) is 0 Å². The van der Waals surface area contributed by atoms with Crippen LogP contribution in [-0.4, -0.2) is 19.9 Å². The number of nitrogens with one attached hydrogen (secondary N) is 4. The third-order valence-electron chi connectivity index (χ3n) is 3.80. The summed E-state index contributed by atoms with van der Waals surface area (Å²) in [6.45, 7) is 0. The largest absolute Gasteiger partial charge is 0.385 e. The normalized spacial score (nSPS) is 11.0. The number of aromatic amines is 4. The number of nitrogen functional groups attached to an aromatic ring is 2. The van der Waals surface area contributed by atoms with Crippen molar-refractivity contribution < 1.29 is 0 Å². The van der Waals surface area contributed by atoms with E-state index >= 15 is 0 Å². The Kier molecular flexibility index (Phi) is 4.81. The first-order chi connectivity index (χ1) is 12.3. The van der Waals surface area contributed by atoms with E-state index in [9.17, 15) is 9.59 Å². The van der Waals surface area contributed by atoms with Crippen LogP contribution in [0.3, 0.4) is 0 Å². The van der Waals surface area contributed by atoms with Gasteiger partial charge in [-0.25, -0.2) is 0 Å². The zero-order chi connectivity index (χ0) is 19.0. The van der Waals surface area contributed by atoms with Gasteiger partial charge in [-0.05, 0) is 42.1 Å². The minimum Gasteiger partial charge on any atom is -0.385 e. The van der Waals surface area contributed by atoms with Crippen LogP contribution >= 0.6 is 36.0 Å². The van der Waals surface area contributed by atoms with Gasteiger partial charge in [-0.15, -0.1) is 0 Å². The molecule has 0 aliphatic carbocycles. The number of hydrogen-bond acceptors (Lipinski definition) is 6. The van der Waals surface area contributed by atoms with Crippen molar-refractivity contribution in [3.8, 4) is 0 Å². The lowest BCUT2D eigenvalue weighted by Crippen LogP contribution is -2.28. The van der Waals surface area contributed by atoms with Gasteiger partial charge in [-0.1, -0.05) is 23.7 Å². The third kappa shape index (κ3) is 3.34. The van der Waals surface area contributed by atoms with E-state index in [0.29, 0.717) is 10.6 Å². The van der Waals surface area contributed by atoms with Crippen LogP contribution in [0.4, 0.5) is 11.6 Å². The number of H-pyrrole nitrogens is 4. The molecule has 0 amide bonds. The summed E-state index contributed by atoms with van der Waals surface area (Å²) < 4.78 is 0.140. The zero-order valence-electron chi connectivity index (χ0n) is 13.1. The smallest absolute Gasteiger partial charge is 0.257 e. The maximum atomic E-state index is 12.6. The SMILES string of the molecule is Nc1[nH]c(=S)[nH]c(=O)c1C(c1ccc(Cl)cc1)c1c(N)[nH]c(=S)[nH]c1=O. The highest BCUT2D eigenvalue weighted by atomic mass is 35.5. The Hall–Kier alpha value is -2.69.